The summed E-state index contributed by atoms with van der Waals surface area (Å²) in [6.45, 7) is 0. The summed E-state index contributed by atoms with van der Waals surface area (Å²) in [4.78, 5) is 14.9. The number of hydrogen-bond donors (Lipinski definition) is 0. The molecule has 0 bridgehead atoms. The van der Waals surface area contributed by atoms with Gasteiger partial charge in [0.05, 0.1) is 23.6 Å². The second-order valence-electron chi connectivity index (χ2n) is 12.4. The van der Waals surface area contributed by atoms with E-state index in [0.29, 0.717) is 22.6 Å². The molecule has 0 aliphatic heterocycles. The minimum Gasteiger partial charge on any atom is -0.454 e. The van der Waals surface area contributed by atoms with Gasteiger partial charge in [-0.25, -0.2) is 15.0 Å². The van der Waals surface area contributed by atoms with Gasteiger partial charge in [0.1, 0.15) is 5.58 Å². The average Bonchev–Trinajstić information content (AvgIpc) is 3.92. The maximum absolute atomic E-state index is 8.87. The molecule has 0 saturated carbocycles. The van der Waals surface area contributed by atoms with Crippen LogP contribution in [0.4, 0.5) is 0 Å². The molecule has 0 saturated heterocycles. The third-order valence-electron chi connectivity index (χ3n) is 9.57. The Morgan fingerprint density at radius 3 is 1.86 bits per heavy atom. The van der Waals surface area contributed by atoms with Gasteiger partial charge in [-0.15, -0.1) is 11.3 Å². The van der Waals surface area contributed by atoms with Crippen molar-refractivity contribution in [3.8, 4) is 39.9 Å². The van der Waals surface area contributed by atoms with E-state index in [9.17, 15) is 0 Å². The number of hydrogen-bond acceptors (Lipinski definition) is 5. The van der Waals surface area contributed by atoms with Gasteiger partial charge in [-0.05, 0) is 36.4 Å². The molecule has 6 heteroatoms. The topological polar surface area (TPSA) is 56.7 Å². The summed E-state index contributed by atoms with van der Waals surface area (Å²) in [6, 6.07) is 40.5. The van der Waals surface area contributed by atoms with Crippen molar-refractivity contribution >= 4 is 75.3 Å². The third kappa shape index (κ3) is 4.24. The van der Waals surface area contributed by atoms with E-state index in [0.717, 1.165) is 64.0 Å². The van der Waals surface area contributed by atoms with E-state index in [1.807, 2.05) is 66.7 Å². The Kier molecular flexibility index (Phi) is 5.08. The van der Waals surface area contributed by atoms with Gasteiger partial charge >= 0.3 is 0 Å². The molecule has 11 rings (SSSR count). The molecule has 0 N–H and O–H groups in total. The van der Waals surface area contributed by atoms with Gasteiger partial charge in [0.2, 0.25) is 0 Å². The molecule has 5 nitrogen and oxygen atoms in total. The maximum atomic E-state index is 8.87. The summed E-state index contributed by atoms with van der Waals surface area (Å²) < 4.78 is 54.1. The zero-order chi connectivity index (χ0) is 37.8. The fraction of sp³-hybridized carbons (Fsp3) is 0. The predicted octanol–water partition coefficient (Wildman–Crippen LogP) is 12.2. The smallest absolute Gasteiger partial charge is 0.164 e. The summed E-state index contributed by atoms with van der Waals surface area (Å²) in [6.07, 6.45) is 0. The molecule has 51 heavy (non-hydrogen) atoms. The lowest BCUT2D eigenvalue weighted by atomic mass is 10.0. The lowest BCUT2D eigenvalue weighted by molar-refractivity contribution is 0.666. The Labute approximate surface area is 302 Å². The van der Waals surface area contributed by atoms with E-state index in [4.69, 9.17) is 26.2 Å². The molecule has 0 aliphatic rings. The van der Waals surface area contributed by atoms with Crippen molar-refractivity contribution in [2.75, 3.05) is 0 Å². The van der Waals surface area contributed by atoms with E-state index in [2.05, 4.69) is 65.2 Å². The van der Waals surface area contributed by atoms with Gasteiger partial charge in [0, 0.05) is 58.4 Å². The van der Waals surface area contributed by atoms with Crippen LogP contribution in [0.15, 0.2) is 162 Å². The van der Waals surface area contributed by atoms with Crippen molar-refractivity contribution in [1.29, 1.82) is 0 Å². The van der Waals surface area contributed by atoms with Gasteiger partial charge < -0.3 is 8.98 Å². The third-order valence-corrected chi connectivity index (χ3v) is 10.7. The van der Waals surface area contributed by atoms with Crippen LogP contribution in [0, 0.1) is 0 Å². The van der Waals surface area contributed by atoms with Crippen molar-refractivity contribution < 1.29 is 11.3 Å². The SMILES string of the molecule is [2H]c1c([2H])c([2H])c(-c2nc(-c3cccc4oc5c(-n6c7ccccc7c7ccccc76)cccc5c34)nc(-c3cccc4sc5ccccc5c34)n2)c([2H])c1[2H]. The Morgan fingerprint density at radius 1 is 0.510 bits per heavy atom. The summed E-state index contributed by atoms with van der Waals surface area (Å²) in [5.74, 6) is 0.583. The number of rotatable bonds is 4. The number of thiophene rings is 1. The molecule has 4 aromatic heterocycles. The van der Waals surface area contributed by atoms with Crippen molar-refractivity contribution in [3.05, 3.63) is 158 Å². The van der Waals surface area contributed by atoms with Crippen LogP contribution in [0.25, 0.3) is 104 Å². The van der Waals surface area contributed by atoms with Crippen molar-refractivity contribution in [2.45, 2.75) is 0 Å². The Bertz CT molecular complexity index is 3380. The van der Waals surface area contributed by atoms with Crippen molar-refractivity contribution in [2.24, 2.45) is 0 Å². The van der Waals surface area contributed by atoms with Crippen LogP contribution in [0.5, 0.6) is 0 Å². The number of nitrogens with zero attached hydrogens (tertiary/aromatic N) is 4. The van der Waals surface area contributed by atoms with Gasteiger partial charge in [-0.2, -0.15) is 0 Å². The quantitative estimate of drug-likeness (QED) is 0.186. The molecule has 0 spiro atoms. The monoisotopic (exact) mass is 675 g/mol. The molecule has 11 aromatic rings. The van der Waals surface area contributed by atoms with Crippen LogP contribution in [0.2, 0.25) is 0 Å². The molecule has 0 amide bonds. The lowest BCUT2D eigenvalue weighted by Gasteiger charge is -2.10. The highest BCUT2D eigenvalue weighted by Crippen LogP contribution is 2.43. The summed E-state index contributed by atoms with van der Waals surface area (Å²) in [7, 11) is 0. The van der Waals surface area contributed by atoms with Gasteiger partial charge in [-0.1, -0.05) is 121 Å². The Hall–Kier alpha value is -6.63. The van der Waals surface area contributed by atoms with E-state index in [1.165, 1.54) is 0 Å². The summed E-state index contributed by atoms with van der Waals surface area (Å²) in [5, 5.41) is 5.95. The minimum absolute atomic E-state index is 0.0192. The van der Waals surface area contributed by atoms with E-state index in [1.54, 1.807) is 11.3 Å². The maximum Gasteiger partial charge on any atom is 0.164 e. The fourth-order valence-electron chi connectivity index (χ4n) is 7.43. The molecule has 238 valence electrons. The van der Waals surface area contributed by atoms with Gasteiger partial charge in [0.25, 0.3) is 0 Å². The first-order valence-corrected chi connectivity index (χ1v) is 17.4. The molecule has 7 aromatic carbocycles. The molecule has 0 atom stereocenters. The first-order chi connectivity index (χ1) is 27.4. The normalized spacial score (nSPS) is 13.3. The Balaban J connectivity index is 1.22. The molecule has 0 radical (unpaired) electrons. The number of fused-ring (bicyclic) bond motifs is 9. The molecule has 0 unspecified atom stereocenters. The molecule has 0 aliphatic carbocycles. The molecular formula is C45H26N4OS. The molecule has 0 fully saturated rings. The van der Waals surface area contributed by atoms with Crippen LogP contribution in [0.3, 0.4) is 0 Å². The summed E-state index contributed by atoms with van der Waals surface area (Å²) in [5.41, 5.74) is 5.62. The zero-order valence-corrected chi connectivity index (χ0v) is 27.5. The number of para-hydroxylation sites is 3. The predicted molar refractivity (Wildman–Crippen MR) is 211 cm³/mol. The number of furan rings is 1. The van der Waals surface area contributed by atoms with Crippen molar-refractivity contribution in [1.82, 2.24) is 19.5 Å². The zero-order valence-electron chi connectivity index (χ0n) is 31.7. The van der Waals surface area contributed by atoms with Gasteiger partial charge in [-0.3, -0.25) is 0 Å². The van der Waals surface area contributed by atoms with Crippen molar-refractivity contribution in [3.63, 3.8) is 0 Å². The number of aromatic nitrogens is 4. The fourth-order valence-corrected chi connectivity index (χ4v) is 8.56. The number of benzene rings is 7. The first kappa shape index (κ1) is 23.7. The first-order valence-electron chi connectivity index (χ1n) is 19.0. The molecule has 4 heterocycles. The highest BCUT2D eigenvalue weighted by molar-refractivity contribution is 7.25. The van der Waals surface area contributed by atoms with Crippen LogP contribution in [-0.2, 0) is 0 Å². The van der Waals surface area contributed by atoms with Crippen LogP contribution in [0.1, 0.15) is 6.85 Å². The summed E-state index contributed by atoms with van der Waals surface area (Å²) >= 11 is 1.67. The van der Waals surface area contributed by atoms with Gasteiger partial charge in [0.15, 0.2) is 23.1 Å². The average molecular weight is 676 g/mol. The minimum atomic E-state index is -0.485. The van der Waals surface area contributed by atoms with Crippen LogP contribution in [-0.4, -0.2) is 19.5 Å². The standard InChI is InChI=1S/C45H26N4OS/c1-2-13-27(14-3-1)43-46-44(48-45(47-43)33-20-12-26-39-41(33)30-17-6-9-25-38(30)51-39)32-19-11-24-37-40(32)31-18-10-23-36(42(31)50-37)49-34-21-7-4-15-28(34)29-16-5-8-22-35(29)49/h1-26H/i1D,2D,3D,13D,14D. The lowest BCUT2D eigenvalue weighted by Crippen LogP contribution is -2.00. The van der Waals surface area contributed by atoms with Crippen LogP contribution >= 0.6 is 11.3 Å². The van der Waals surface area contributed by atoms with Crippen LogP contribution < -0.4 is 0 Å². The van der Waals surface area contributed by atoms with E-state index < -0.39 is 18.1 Å². The molecular weight excluding hydrogens is 645 g/mol. The highest BCUT2D eigenvalue weighted by atomic mass is 32.1. The second-order valence-corrected chi connectivity index (χ2v) is 13.5. The van der Waals surface area contributed by atoms with E-state index in [-0.39, 0.29) is 29.3 Å². The highest BCUT2D eigenvalue weighted by Gasteiger charge is 2.22. The van der Waals surface area contributed by atoms with E-state index >= 15 is 0 Å². The largest absolute Gasteiger partial charge is 0.454 e. The second kappa shape index (κ2) is 10.9. The Morgan fingerprint density at radius 2 is 1.10 bits per heavy atom.